The third-order valence-electron chi connectivity index (χ3n) is 2.97. The van der Waals surface area contributed by atoms with Gasteiger partial charge in [0.05, 0.1) is 0 Å². The van der Waals surface area contributed by atoms with Gasteiger partial charge in [0.15, 0.2) is 6.61 Å². The molecule has 4 nitrogen and oxygen atoms in total. The van der Waals surface area contributed by atoms with E-state index < -0.39 is 11.9 Å². The molecular weight excluding hydrogens is 337 g/mol. The fourth-order valence-electron chi connectivity index (χ4n) is 1.93. The summed E-state index contributed by atoms with van der Waals surface area (Å²) in [7, 11) is 0. The SMILES string of the molecule is O=C(COC(=O)CCc1ccccc1)Nc1cc(Cl)cc(Cl)c1. The molecule has 2 aromatic rings. The Labute approximate surface area is 144 Å². The topological polar surface area (TPSA) is 55.4 Å². The van der Waals surface area contributed by atoms with Crippen LogP contribution in [0.15, 0.2) is 48.5 Å². The zero-order chi connectivity index (χ0) is 16.7. The molecule has 2 rings (SSSR count). The minimum absolute atomic E-state index is 0.223. The number of nitrogens with one attached hydrogen (secondary N) is 1. The number of esters is 1. The van der Waals surface area contributed by atoms with Crippen LogP contribution in [0, 0.1) is 0 Å². The van der Waals surface area contributed by atoms with Gasteiger partial charge in [0.25, 0.3) is 5.91 Å². The third-order valence-corrected chi connectivity index (χ3v) is 3.41. The molecule has 0 atom stereocenters. The average molecular weight is 352 g/mol. The molecule has 0 spiro atoms. The van der Waals surface area contributed by atoms with Crippen molar-refractivity contribution in [2.24, 2.45) is 0 Å². The molecule has 23 heavy (non-hydrogen) atoms. The van der Waals surface area contributed by atoms with E-state index in [2.05, 4.69) is 5.32 Å². The summed E-state index contributed by atoms with van der Waals surface area (Å²) in [5.41, 5.74) is 1.50. The van der Waals surface area contributed by atoms with Crippen molar-refractivity contribution in [3.05, 3.63) is 64.1 Å². The van der Waals surface area contributed by atoms with Crippen molar-refractivity contribution in [3.63, 3.8) is 0 Å². The lowest BCUT2D eigenvalue weighted by molar-refractivity contribution is -0.147. The highest BCUT2D eigenvalue weighted by atomic mass is 35.5. The van der Waals surface area contributed by atoms with E-state index in [9.17, 15) is 9.59 Å². The smallest absolute Gasteiger partial charge is 0.306 e. The van der Waals surface area contributed by atoms with E-state index in [1.807, 2.05) is 30.3 Å². The van der Waals surface area contributed by atoms with E-state index in [-0.39, 0.29) is 13.0 Å². The molecule has 0 heterocycles. The fraction of sp³-hybridized carbons (Fsp3) is 0.176. The normalized spacial score (nSPS) is 10.2. The van der Waals surface area contributed by atoms with Crippen molar-refractivity contribution in [3.8, 4) is 0 Å². The summed E-state index contributed by atoms with van der Waals surface area (Å²) in [5, 5.41) is 3.39. The monoisotopic (exact) mass is 351 g/mol. The molecule has 0 radical (unpaired) electrons. The Morgan fingerprint density at radius 3 is 2.30 bits per heavy atom. The summed E-state index contributed by atoms with van der Waals surface area (Å²) < 4.78 is 4.94. The number of rotatable bonds is 6. The second-order valence-corrected chi connectivity index (χ2v) is 5.73. The highest BCUT2D eigenvalue weighted by Crippen LogP contribution is 2.22. The molecular formula is C17H15Cl2NO3. The van der Waals surface area contributed by atoms with Crippen LogP contribution in [0.2, 0.25) is 10.0 Å². The number of hydrogen-bond acceptors (Lipinski definition) is 3. The van der Waals surface area contributed by atoms with E-state index in [0.717, 1.165) is 5.56 Å². The number of amides is 1. The Hall–Kier alpha value is -2.04. The molecule has 1 amide bonds. The molecule has 2 aromatic carbocycles. The maximum absolute atomic E-state index is 11.7. The number of ether oxygens (including phenoxy) is 1. The van der Waals surface area contributed by atoms with E-state index in [4.69, 9.17) is 27.9 Å². The minimum Gasteiger partial charge on any atom is -0.456 e. The van der Waals surface area contributed by atoms with Gasteiger partial charge in [-0.2, -0.15) is 0 Å². The van der Waals surface area contributed by atoms with E-state index in [1.165, 1.54) is 0 Å². The largest absolute Gasteiger partial charge is 0.456 e. The molecule has 0 saturated carbocycles. The molecule has 0 aliphatic rings. The molecule has 0 fully saturated rings. The van der Waals surface area contributed by atoms with Gasteiger partial charge >= 0.3 is 5.97 Å². The maximum Gasteiger partial charge on any atom is 0.306 e. The number of benzene rings is 2. The minimum atomic E-state index is -0.448. The molecule has 0 aliphatic heterocycles. The summed E-state index contributed by atoms with van der Waals surface area (Å²) in [6, 6.07) is 14.3. The van der Waals surface area contributed by atoms with Gasteiger partial charge in [-0.25, -0.2) is 0 Å². The van der Waals surface area contributed by atoms with Gasteiger partial charge < -0.3 is 10.1 Å². The van der Waals surface area contributed by atoms with Crippen LogP contribution < -0.4 is 5.32 Å². The number of hydrogen-bond donors (Lipinski definition) is 1. The molecule has 0 aliphatic carbocycles. The molecule has 0 aromatic heterocycles. The van der Waals surface area contributed by atoms with Crippen LogP contribution in [0.5, 0.6) is 0 Å². The van der Waals surface area contributed by atoms with Gasteiger partial charge in [0.2, 0.25) is 0 Å². The third kappa shape index (κ3) is 6.30. The first-order valence-corrected chi connectivity index (χ1v) is 7.74. The fourth-order valence-corrected chi connectivity index (χ4v) is 2.46. The van der Waals surface area contributed by atoms with Crippen LogP contribution >= 0.6 is 23.2 Å². The van der Waals surface area contributed by atoms with Crippen LogP contribution in [-0.2, 0) is 20.7 Å². The first kappa shape index (κ1) is 17.3. The van der Waals surface area contributed by atoms with Gasteiger partial charge in [0, 0.05) is 22.2 Å². The second-order valence-electron chi connectivity index (χ2n) is 4.85. The maximum atomic E-state index is 11.7. The standard InChI is InChI=1S/C17H15Cl2NO3/c18-13-8-14(19)10-15(9-13)20-16(21)11-23-17(22)7-6-12-4-2-1-3-5-12/h1-5,8-10H,6-7,11H2,(H,20,21). The van der Waals surface area contributed by atoms with E-state index in [1.54, 1.807) is 18.2 Å². The zero-order valence-corrected chi connectivity index (χ0v) is 13.7. The quantitative estimate of drug-likeness (QED) is 0.796. The van der Waals surface area contributed by atoms with Crippen LogP contribution in [0.25, 0.3) is 0 Å². The molecule has 6 heteroatoms. The Kier molecular flexibility index (Phi) is 6.44. The van der Waals surface area contributed by atoms with Crippen LogP contribution in [0.3, 0.4) is 0 Å². The first-order valence-electron chi connectivity index (χ1n) is 6.98. The molecule has 0 unspecified atom stereocenters. The van der Waals surface area contributed by atoms with Crippen molar-refractivity contribution in [1.29, 1.82) is 0 Å². The summed E-state index contributed by atoms with van der Waals surface area (Å²) in [6.07, 6.45) is 0.797. The van der Waals surface area contributed by atoms with Crippen LogP contribution in [-0.4, -0.2) is 18.5 Å². The predicted octanol–water partition coefficient (Wildman–Crippen LogP) is 4.11. The predicted molar refractivity (Wildman–Crippen MR) is 90.8 cm³/mol. The van der Waals surface area contributed by atoms with E-state index in [0.29, 0.717) is 22.2 Å². The number of carbonyl (C=O) groups is 2. The van der Waals surface area contributed by atoms with Crippen molar-refractivity contribution in [2.45, 2.75) is 12.8 Å². The number of aryl methyl sites for hydroxylation is 1. The van der Waals surface area contributed by atoms with E-state index >= 15 is 0 Å². The average Bonchev–Trinajstić information content (AvgIpc) is 2.51. The first-order chi connectivity index (χ1) is 11.0. The van der Waals surface area contributed by atoms with Crippen molar-refractivity contribution in [2.75, 3.05) is 11.9 Å². The Bertz CT molecular complexity index is 669. The number of halogens is 2. The van der Waals surface area contributed by atoms with Gasteiger partial charge in [-0.15, -0.1) is 0 Å². The van der Waals surface area contributed by atoms with Crippen molar-refractivity contribution in [1.82, 2.24) is 0 Å². The van der Waals surface area contributed by atoms with Gasteiger partial charge in [-0.05, 0) is 30.2 Å². The molecule has 0 saturated heterocycles. The van der Waals surface area contributed by atoms with Crippen molar-refractivity contribution >= 4 is 40.8 Å². The molecule has 120 valence electrons. The summed E-state index contributed by atoms with van der Waals surface area (Å²) in [4.78, 5) is 23.4. The van der Waals surface area contributed by atoms with Gasteiger partial charge in [-0.3, -0.25) is 9.59 Å². The lowest BCUT2D eigenvalue weighted by Gasteiger charge is -2.07. The zero-order valence-electron chi connectivity index (χ0n) is 12.2. The van der Waals surface area contributed by atoms with Gasteiger partial charge in [0.1, 0.15) is 0 Å². The Morgan fingerprint density at radius 2 is 1.65 bits per heavy atom. The highest BCUT2D eigenvalue weighted by molar-refractivity contribution is 6.35. The Morgan fingerprint density at radius 1 is 1.00 bits per heavy atom. The van der Waals surface area contributed by atoms with Gasteiger partial charge in [-0.1, -0.05) is 53.5 Å². The lowest BCUT2D eigenvalue weighted by atomic mass is 10.1. The van der Waals surface area contributed by atoms with Crippen molar-refractivity contribution < 1.29 is 14.3 Å². The van der Waals surface area contributed by atoms with Crippen LogP contribution in [0.1, 0.15) is 12.0 Å². The molecule has 1 N–H and O–H groups in total. The summed E-state index contributed by atoms with van der Waals surface area (Å²) in [5.74, 6) is -0.871. The molecule has 0 bridgehead atoms. The Balaban J connectivity index is 1.74. The highest BCUT2D eigenvalue weighted by Gasteiger charge is 2.09. The number of anilines is 1. The number of carbonyl (C=O) groups excluding carboxylic acids is 2. The summed E-state index contributed by atoms with van der Waals surface area (Å²) in [6.45, 7) is -0.349. The summed E-state index contributed by atoms with van der Waals surface area (Å²) >= 11 is 11.7. The second kappa shape index (κ2) is 8.56. The van der Waals surface area contributed by atoms with Crippen LogP contribution in [0.4, 0.5) is 5.69 Å². The lowest BCUT2D eigenvalue weighted by Crippen LogP contribution is -2.21.